The molecule has 0 radical (unpaired) electrons. The molecule has 0 atom stereocenters. The monoisotopic (exact) mass is 348 g/mol. The second kappa shape index (κ2) is 12.4. The van der Waals surface area contributed by atoms with Gasteiger partial charge in [0.1, 0.15) is 0 Å². The molecule has 0 aliphatic heterocycles. The van der Waals surface area contributed by atoms with E-state index in [1.165, 1.54) is 9.80 Å². The van der Waals surface area contributed by atoms with E-state index < -0.39 is 17.8 Å². The Morgan fingerprint density at radius 1 is 0.750 bits per heavy atom. The summed E-state index contributed by atoms with van der Waals surface area (Å²) in [7, 11) is 0. The normalized spacial score (nSPS) is 11.2. The number of hydrogen-bond donors (Lipinski definition) is 4. The number of hydrogen-bond acceptors (Lipinski definition) is 9. The lowest BCUT2D eigenvalue weighted by atomic mass is 10.3. The molecule has 0 unspecified atom stereocenters. The molecule has 0 rings (SSSR count). The number of nitrogens with zero attached hydrogens (tertiary/aromatic N) is 4. The van der Waals surface area contributed by atoms with Gasteiger partial charge in [0.25, 0.3) is 5.91 Å². The maximum Gasteiger partial charge on any atom is 0.317 e. The average Bonchev–Trinajstić information content (AvgIpc) is 2.53. The van der Waals surface area contributed by atoms with E-state index in [-0.39, 0.29) is 59.2 Å². The van der Waals surface area contributed by atoms with Gasteiger partial charge in [-0.15, -0.1) is 4.91 Å². The second-order valence-electron chi connectivity index (χ2n) is 5.02. The van der Waals surface area contributed by atoms with Crippen molar-refractivity contribution in [3.05, 3.63) is 4.91 Å². The topological polar surface area (TPSA) is 183 Å². The first-order chi connectivity index (χ1) is 11.3. The standard InChI is InChI=1S/C12H24N6O6/c13-8-17(6-11(20)21)3-1-16(5-10(19)15-24)2-4-18(9-14)7-12(22)23/h1-9,13-14H2,(H,20,21)(H,22,23). The van der Waals surface area contributed by atoms with E-state index in [9.17, 15) is 19.3 Å². The van der Waals surface area contributed by atoms with Crippen molar-refractivity contribution in [1.82, 2.24) is 14.7 Å². The van der Waals surface area contributed by atoms with Crippen LogP contribution in [0.3, 0.4) is 0 Å². The fourth-order valence-electron chi connectivity index (χ4n) is 1.91. The van der Waals surface area contributed by atoms with Crippen LogP contribution < -0.4 is 11.5 Å². The molecule has 0 heterocycles. The SMILES string of the molecule is NCN(CCN(CCN(CN)CC(=O)O)CC(=O)N=O)CC(=O)O. The molecule has 6 N–H and O–H groups in total. The van der Waals surface area contributed by atoms with Crippen LogP contribution in [0.4, 0.5) is 0 Å². The molecule has 1 amide bonds. The van der Waals surface area contributed by atoms with E-state index in [0.717, 1.165) is 0 Å². The first-order valence-corrected chi connectivity index (χ1v) is 7.19. The Morgan fingerprint density at radius 2 is 1.12 bits per heavy atom. The highest BCUT2D eigenvalue weighted by atomic mass is 16.4. The number of nitrogens with two attached hydrogens (primary N) is 2. The highest BCUT2D eigenvalue weighted by molar-refractivity contribution is 5.78. The van der Waals surface area contributed by atoms with Crippen LogP contribution in [-0.2, 0) is 14.4 Å². The molecule has 0 spiro atoms. The van der Waals surface area contributed by atoms with Crippen molar-refractivity contribution in [3.8, 4) is 0 Å². The van der Waals surface area contributed by atoms with E-state index in [2.05, 4.69) is 5.18 Å². The summed E-state index contributed by atoms with van der Waals surface area (Å²) in [5.74, 6) is -2.94. The van der Waals surface area contributed by atoms with Crippen molar-refractivity contribution in [2.45, 2.75) is 0 Å². The van der Waals surface area contributed by atoms with Gasteiger partial charge < -0.3 is 21.7 Å². The highest BCUT2D eigenvalue weighted by Gasteiger charge is 2.16. The van der Waals surface area contributed by atoms with Crippen molar-refractivity contribution in [3.63, 3.8) is 0 Å². The number of carbonyl (C=O) groups is 3. The van der Waals surface area contributed by atoms with Crippen LogP contribution in [0.25, 0.3) is 0 Å². The molecule has 0 aliphatic carbocycles. The zero-order valence-corrected chi connectivity index (χ0v) is 13.3. The van der Waals surface area contributed by atoms with Crippen LogP contribution in [0.1, 0.15) is 0 Å². The minimum Gasteiger partial charge on any atom is -0.480 e. The van der Waals surface area contributed by atoms with Crippen molar-refractivity contribution >= 4 is 17.8 Å². The van der Waals surface area contributed by atoms with Gasteiger partial charge in [-0.3, -0.25) is 29.1 Å². The number of carboxylic acid groups (broad SMARTS) is 2. The maximum absolute atomic E-state index is 11.2. The first kappa shape index (κ1) is 22.0. The number of carboxylic acids is 2. The van der Waals surface area contributed by atoms with Gasteiger partial charge in [0, 0.05) is 44.7 Å². The van der Waals surface area contributed by atoms with E-state index in [4.69, 9.17) is 21.7 Å². The van der Waals surface area contributed by atoms with Crippen LogP contribution in [-0.4, -0.2) is 102 Å². The van der Waals surface area contributed by atoms with Crippen LogP contribution in [0.15, 0.2) is 5.18 Å². The van der Waals surface area contributed by atoms with E-state index in [1.807, 2.05) is 0 Å². The Morgan fingerprint density at radius 3 is 1.42 bits per heavy atom. The predicted molar refractivity (Wildman–Crippen MR) is 83.8 cm³/mol. The lowest BCUT2D eigenvalue weighted by molar-refractivity contribution is -0.139. The predicted octanol–water partition coefficient (Wildman–Crippen LogP) is -2.81. The molecule has 0 aliphatic rings. The molecule has 0 saturated heterocycles. The van der Waals surface area contributed by atoms with Crippen LogP contribution in [0.5, 0.6) is 0 Å². The van der Waals surface area contributed by atoms with Gasteiger partial charge in [0.15, 0.2) is 0 Å². The van der Waals surface area contributed by atoms with E-state index in [0.29, 0.717) is 0 Å². The Hall–Kier alpha value is -1.99. The second-order valence-corrected chi connectivity index (χ2v) is 5.02. The lowest BCUT2D eigenvalue weighted by Gasteiger charge is -2.27. The molecule has 0 saturated carbocycles. The molecule has 0 aromatic carbocycles. The number of rotatable bonds is 14. The Bertz CT molecular complexity index is 406. The van der Waals surface area contributed by atoms with Gasteiger partial charge in [-0.1, -0.05) is 0 Å². The van der Waals surface area contributed by atoms with Gasteiger partial charge in [0.05, 0.1) is 19.6 Å². The van der Waals surface area contributed by atoms with E-state index >= 15 is 0 Å². The van der Waals surface area contributed by atoms with Crippen LogP contribution in [0, 0.1) is 4.91 Å². The smallest absolute Gasteiger partial charge is 0.317 e. The molecular formula is C12H24N6O6. The first-order valence-electron chi connectivity index (χ1n) is 7.19. The summed E-state index contributed by atoms with van der Waals surface area (Å²) in [5, 5.41) is 19.8. The summed E-state index contributed by atoms with van der Waals surface area (Å²) >= 11 is 0. The Kier molecular flexibility index (Phi) is 11.4. The fraction of sp³-hybridized carbons (Fsp3) is 0.750. The molecule has 0 bridgehead atoms. The van der Waals surface area contributed by atoms with Crippen molar-refractivity contribution < 1.29 is 24.6 Å². The van der Waals surface area contributed by atoms with Gasteiger partial charge in [-0.05, 0) is 0 Å². The fourth-order valence-corrected chi connectivity index (χ4v) is 1.91. The van der Waals surface area contributed by atoms with Crippen molar-refractivity contribution in [1.29, 1.82) is 0 Å². The number of nitroso groups, excluding NO2 is 1. The Balaban J connectivity index is 4.60. The number of carbonyl (C=O) groups excluding carboxylic acids is 1. The van der Waals surface area contributed by atoms with Crippen LogP contribution in [0.2, 0.25) is 0 Å². The lowest BCUT2D eigenvalue weighted by Crippen LogP contribution is -2.45. The summed E-state index contributed by atoms with van der Waals surface area (Å²) < 4.78 is 0. The van der Waals surface area contributed by atoms with Gasteiger partial charge >= 0.3 is 11.9 Å². The largest absolute Gasteiger partial charge is 0.480 e. The zero-order chi connectivity index (χ0) is 18.5. The third-order valence-corrected chi connectivity index (χ3v) is 3.16. The summed E-state index contributed by atoms with van der Waals surface area (Å²) in [6.07, 6.45) is 0. The third-order valence-electron chi connectivity index (χ3n) is 3.16. The molecule has 0 fully saturated rings. The Labute approximate surface area is 138 Å². The zero-order valence-electron chi connectivity index (χ0n) is 13.3. The molecule has 0 aromatic heterocycles. The molecule has 12 heteroatoms. The maximum atomic E-state index is 11.2. The summed E-state index contributed by atoms with van der Waals surface area (Å²) in [6, 6.07) is 0. The molecule has 138 valence electrons. The minimum absolute atomic E-state index is 0.0218. The van der Waals surface area contributed by atoms with Crippen LogP contribution >= 0.6 is 0 Å². The van der Waals surface area contributed by atoms with Gasteiger partial charge in [-0.25, -0.2) is 0 Å². The van der Waals surface area contributed by atoms with E-state index in [1.54, 1.807) is 4.90 Å². The van der Waals surface area contributed by atoms with Gasteiger partial charge in [0.2, 0.25) is 0 Å². The summed E-state index contributed by atoms with van der Waals surface area (Å²) in [4.78, 5) is 47.4. The minimum atomic E-state index is -1.03. The summed E-state index contributed by atoms with van der Waals surface area (Å²) in [5.41, 5.74) is 10.9. The number of amides is 1. The van der Waals surface area contributed by atoms with Gasteiger partial charge in [-0.2, -0.15) is 0 Å². The quantitative estimate of drug-likeness (QED) is 0.188. The van der Waals surface area contributed by atoms with Crippen molar-refractivity contribution in [2.75, 3.05) is 59.2 Å². The molecule has 0 aromatic rings. The highest BCUT2D eigenvalue weighted by Crippen LogP contribution is 1.96. The third kappa shape index (κ3) is 10.7. The molecule has 24 heavy (non-hydrogen) atoms. The van der Waals surface area contributed by atoms with Crippen molar-refractivity contribution in [2.24, 2.45) is 16.6 Å². The average molecular weight is 348 g/mol. The molecular weight excluding hydrogens is 324 g/mol. The molecule has 12 nitrogen and oxygen atoms in total. The summed E-state index contributed by atoms with van der Waals surface area (Å²) in [6.45, 7) is 0.333. The number of aliphatic carboxylic acids is 2.